The minimum Gasteiger partial charge on any atom is -0.388 e. The third-order valence-electron chi connectivity index (χ3n) is 1.65. The molecule has 1 heterocycles. The number of ether oxygens (including phenoxy) is 1. The zero-order valence-corrected chi connectivity index (χ0v) is 7.39. The predicted molar refractivity (Wildman–Crippen MR) is 44.3 cm³/mol. The molecule has 0 spiro atoms. The molecule has 0 bridgehead atoms. The molecule has 0 aliphatic carbocycles. The maximum absolute atomic E-state index is 4.25. The van der Waals surface area contributed by atoms with Gasteiger partial charge in [0.2, 0.25) is 0 Å². The molecular weight excluding hydrogens is 126 g/mol. The monoisotopic (exact) mass is 145 g/mol. The smallest absolute Gasteiger partial charge is 0.0351 e. The van der Waals surface area contributed by atoms with E-state index in [4.69, 9.17) is 0 Å². The van der Waals surface area contributed by atoms with E-state index in [0.717, 1.165) is 0 Å². The molecule has 0 radical (unpaired) electrons. The number of hydrogen-bond acceptors (Lipinski definition) is 2. The second-order valence-electron chi connectivity index (χ2n) is 2.55. The summed E-state index contributed by atoms with van der Waals surface area (Å²) in [5.74, 6) is 0. The van der Waals surface area contributed by atoms with E-state index in [2.05, 4.69) is 16.6 Å². The van der Waals surface area contributed by atoms with Gasteiger partial charge in [-0.2, -0.15) is 0 Å². The Morgan fingerprint density at radius 2 is 1.60 bits per heavy atom. The first-order chi connectivity index (χ1) is 4.85. The first-order valence-corrected chi connectivity index (χ1v) is 3.97. The normalized spacial score (nSPS) is 18.3. The van der Waals surface area contributed by atoms with E-state index in [1.165, 1.54) is 32.5 Å². The van der Waals surface area contributed by atoms with E-state index in [9.17, 15) is 0 Å². The molecule has 1 saturated heterocycles. The number of methoxy groups -OCH3 is 1. The zero-order valence-electron chi connectivity index (χ0n) is 7.39. The number of likely N-dealkylation sites (tertiary alicyclic amines) is 1. The van der Waals surface area contributed by atoms with E-state index in [1.54, 1.807) is 14.2 Å². The Balaban J connectivity index is 0.000000236. The number of rotatable bonds is 1. The van der Waals surface area contributed by atoms with Crippen molar-refractivity contribution in [3.8, 4) is 0 Å². The van der Waals surface area contributed by atoms with Crippen molar-refractivity contribution >= 4 is 0 Å². The second kappa shape index (κ2) is 7.03. The molecule has 0 N–H and O–H groups in total. The van der Waals surface area contributed by atoms with Crippen LogP contribution in [0.3, 0.4) is 0 Å². The van der Waals surface area contributed by atoms with Crippen molar-refractivity contribution in [3.63, 3.8) is 0 Å². The largest absolute Gasteiger partial charge is 0.388 e. The zero-order chi connectivity index (χ0) is 7.82. The second-order valence-corrected chi connectivity index (χ2v) is 2.55. The lowest BCUT2D eigenvalue weighted by Crippen LogP contribution is -2.17. The van der Waals surface area contributed by atoms with Crippen molar-refractivity contribution in [3.05, 3.63) is 0 Å². The molecule has 0 amide bonds. The van der Waals surface area contributed by atoms with E-state index in [1.807, 2.05) is 0 Å². The molecular formula is C8H19NO. The summed E-state index contributed by atoms with van der Waals surface area (Å²) in [6, 6.07) is 0. The standard InChI is InChI=1S/C6H13N.C2H6O/c1-2-7-5-3-4-6-7;1-3-2/h2-6H2,1H3;1-2H3. The maximum atomic E-state index is 4.25. The summed E-state index contributed by atoms with van der Waals surface area (Å²) in [7, 11) is 3.25. The van der Waals surface area contributed by atoms with Crippen molar-refractivity contribution < 1.29 is 4.74 Å². The van der Waals surface area contributed by atoms with Gasteiger partial charge >= 0.3 is 0 Å². The Morgan fingerprint density at radius 1 is 1.20 bits per heavy atom. The van der Waals surface area contributed by atoms with E-state index < -0.39 is 0 Å². The molecule has 1 rings (SSSR count). The quantitative estimate of drug-likeness (QED) is 0.552. The summed E-state index contributed by atoms with van der Waals surface area (Å²) < 4.78 is 4.25. The lowest BCUT2D eigenvalue weighted by atomic mass is 10.4. The summed E-state index contributed by atoms with van der Waals surface area (Å²) in [6.45, 7) is 6.16. The highest BCUT2D eigenvalue weighted by Gasteiger charge is 2.06. The van der Waals surface area contributed by atoms with Crippen LogP contribution >= 0.6 is 0 Å². The fraction of sp³-hybridized carbons (Fsp3) is 1.00. The molecule has 62 valence electrons. The van der Waals surface area contributed by atoms with Gasteiger partial charge < -0.3 is 9.64 Å². The van der Waals surface area contributed by atoms with Crippen LogP contribution in [0.15, 0.2) is 0 Å². The lowest BCUT2D eigenvalue weighted by Gasteiger charge is -2.08. The maximum Gasteiger partial charge on any atom is 0.0351 e. The summed E-state index contributed by atoms with van der Waals surface area (Å²) in [6.07, 6.45) is 2.85. The van der Waals surface area contributed by atoms with Crippen LogP contribution in [0.4, 0.5) is 0 Å². The third kappa shape index (κ3) is 4.77. The van der Waals surface area contributed by atoms with Crippen molar-refractivity contribution in [1.82, 2.24) is 4.90 Å². The van der Waals surface area contributed by atoms with Gasteiger partial charge in [-0.25, -0.2) is 0 Å². The van der Waals surface area contributed by atoms with E-state index in [0.29, 0.717) is 0 Å². The van der Waals surface area contributed by atoms with Crippen LogP contribution in [0, 0.1) is 0 Å². The lowest BCUT2D eigenvalue weighted by molar-refractivity contribution is 0.277. The molecule has 1 fully saturated rings. The molecule has 0 saturated carbocycles. The molecule has 0 unspecified atom stereocenters. The Kier molecular flexibility index (Phi) is 6.98. The minimum absolute atomic E-state index is 1.25. The van der Waals surface area contributed by atoms with Crippen LogP contribution in [0.25, 0.3) is 0 Å². The van der Waals surface area contributed by atoms with Gasteiger partial charge in [0.1, 0.15) is 0 Å². The summed E-state index contributed by atoms with van der Waals surface area (Å²) in [5.41, 5.74) is 0. The Hall–Kier alpha value is -0.0800. The van der Waals surface area contributed by atoms with Crippen molar-refractivity contribution in [1.29, 1.82) is 0 Å². The van der Waals surface area contributed by atoms with Gasteiger partial charge in [-0.3, -0.25) is 0 Å². The third-order valence-corrected chi connectivity index (χ3v) is 1.65. The fourth-order valence-electron chi connectivity index (χ4n) is 1.10. The van der Waals surface area contributed by atoms with Gasteiger partial charge in [-0.1, -0.05) is 6.92 Å². The molecule has 0 aromatic rings. The first kappa shape index (κ1) is 9.92. The summed E-state index contributed by atoms with van der Waals surface area (Å²) >= 11 is 0. The molecule has 0 aromatic carbocycles. The van der Waals surface area contributed by atoms with E-state index >= 15 is 0 Å². The fourth-order valence-corrected chi connectivity index (χ4v) is 1.10. The Morgan fingerprint density at radius 3 is 1.80 bits per heavy atom. The molecule has 1 aliphatic heterocycles. The average Bonchev–Trinajstić information content (AvgIpc) is 2.39. The number of hydrogen-bond donors (Lipinski definition) is 0. The Labute approximate surface area is 64.2 Å². The van der Waals surface area contributed by atoms with Gasteiger partial charge in [-0.15, -0.1) is 0 Å². The average molecular weight is 145 g/mol. The van der Waals surface area contributed by atoms with Crippen LogP contribution in [-0.4, -0.2) is 38.8 Å². The van der Waals surface area contributed by atoms with Crippen molar-refractivity contribution in [2.24, 2.45) is 0 Å². The SMILES string of the molecule is CCN1CCCC1.COC. The van der Waals surface area contributed by atoms with Crippen LogP contribution in [0.1, 0.15) is 19.8 Å². The molecule has 0 atom stereocenters. The molecule has 1 aliphatic rings. The van der Waals surface area contributed by atoms with Crippen LogP contribution < -0.4 is 0 Å². The molecule has 2 heteroatoms. The van der Waals surface area contributed by atoms with Gasteiger partial charge in [0.05, 0.1) is 0 Å². The van der Waals surface area contributed by atoms with E-state index in [-0.39, 0.29) is 0 Å². The first-order valence-electron chi connectivity index (χ1n) is 3.97. The van der Waals surface area contributed by atoms with Gasteiger partial charge in [0, 0.05) is 14.2 Å². The summed E-state index contributed by atoms with van der Waals surface area (Å²) in [5, 5.41) is 0. The van der Waals surface area contributed by atoms with Crippen molar-refractivity contribution in [2.75, 3.05) is 33.9 Å². The van der Waals surface area contributed by atoms with Crippen LogP contribution in [-0.2, 0) is 4.74 Å². The minimum atomic E-state index is 1.25. The molecule has 10 heavy (non-hydrogen) atoms. The summed E-state index contributed by atoms with van der Waals surface area (Å²) in [4.78, 5) is 2.49. The van der Waals surface area contributed by atoms with Gasteiger partial charge in [-0.05, 0) is 32.5 Å². The van der Waals surface area contributed by atoms with Crippen LogP contribution in [0.5, 0.6) is 0 Å². The highest BCUT2D eigenvalue weighted by molar-refractivity contribution is 4.62. The van der Waals surface area contributed by atoms with Crippen molar-refractivity contribution in [2.45, 2.75) is 19.8 Å². The topological polar surface area (TPSA) is 12.5 Å². The van der Waals surface area contributed by atoms with Gasteiger partial charge in [0.15, 0.2) is 0 Å². The van der Waals surface area contributed by atoms with Crippen LogP contribution in [0.2, 0.25) is 0 Å². The molecule has 0 aromatic heterocycles. The molecule has 2 nitrogen and oxygen atoms in total. The number of nitrogens with zero attached hydrogens (tertiary/aromatic N) is 1. The predicted octanol–water partition coefficient (Wildman–Crippen LogP) is 1.36. The Bertz CT molecular complexity index is 60.3. The van der Waals surface area contributed by atoms with Gasteiger partial charge in [0.25, 0.3) is 0 Å². The highest BCUT2D eigenvalue weighted by Crippen LogP contribution is 2.04. The highest BCUT2D eigenvalue weighted by atomic mass is 16.4.